The minimum Gasteiger partial charge on any atom is -0.360 e. The average Bonchev–Trinajstić information content (AvgIpc) is 2.73. The zero-order valence-electron chi connectivity index (χ0n) is 14.7. The molecule has 2 aromatic heterocycles. The van der Waals surface area contributed by atoms with E-state index in [9.17, 15) is 19.2 Å². The van der Waals surface area contributed by atoms with E-state index in [0.29, 0.717) is 21.4 Å². The predicted molar refractivity (Wildman–Crippen MR) is 109 cm³/mol. The van der Waals surface area contributed by atoms with Crippen molar-refractivity contribution in [2.75, 3.05) is 0 Å². The summed E-state index contributed by atoms with van der Waals surface area (Å²) in [7, 11) is 0. The van der Waals surface area contributed by atoms with Crippen LogP contribution in [-0.2, 0) is 0 Å². The van der Waals surface area contributed by atoms with Crippen LogP contribution in [0.5, 0.6) is 0 Å². The molecule has 144 valence electrons. The first-order chi connectivity index (χ1) is 14.0. The van der Waals surface area contributed by atoms with Gasteiger partial charge in [-0.05, 0) is 24.3 Å². The van der Waals surface area contributed by atoms with Crippen LogP contribution in [0.25, 0.3) is 21.8 Å². The summed E-state index contributed by atoms with van der Waals surface area (Å²) in [5.74, 6) is -1.65. The third-order valence-corrected chi connectivity index (χ3v) is 4.75. The van der Waals surface area contributed by atoms with Crippen LogP contribution >= 0.6 is 11.6 Å². The third kappa shape index (κ3) is 3.26. The lowest BCUT2D eigenvalue weighted by atomic mass is 10.1. The quantitative estimate of drug-likeness (QED) is 0.379. The average molecular weight is 409 g/mol. The summed E-state index contributed by atoms with van der Waals surface area (Å²) in [6.45, 7) is 0. The number of carbonyl (C=O) groups excluding carboxylic acids is 2. The molecule has 2 heterocycles. The summed E-state index contributed by atoms with van der Waals surface area (Å²) in [5, 5.41) is 0.923. The molecule has 0 bridgehead atoms. The standard InChI is InChI=1S/C20H13ClN4O4/c21-14-6-3-5-11-16(14)23-9-13(18(11)27)20(29)25-24-19(28)12-8-22-15-7-2-1-4-10(15)17(12)26/h1-9H,(H,22,26)(H,23,27)(H,24,28)(H,25,29). The lowest BCUT2D eigenvalue weighted by Gasteiger charge is -2.08. The first-order valence-corrected chi connectivity index (χ1v) is 8.86. The van der Waals surface area contributed by atoms with Crippen molar-refractivity contribution in [3.05, 3.63) is 91.5 Å². The van der Waals surface area contributed by atoms with Gasteiger partial charge in [0.2, 0.25) is 10.9 Å². The molecule has 29 heavy (non-hydrogen) atoms. The Bertz CT molecular complexity index is 1410. The van der Waals surface area contributed by atoms with Gasteiger partial charge in [-0.1, -0.05) is 29.8 Å². The van der Waals surface area contributed by atoms with Gasteiger partial charge in [-0.3, -0.25) is 30.0 Å². The van der Waals surface area contributed by atoms with E-state index in [-0.39, 0.29) is 16.5 Å². The number of hydrogen-bond donors (Lipinski definition) is 4. The number of rotatable bonds is 2. The maximum Gasteiger partial charge on any atom is 0.275 e. The topological polar surface area (TPSA) is 124 Å². The fraction of sp³-hybridized carbons (Fsp3) is 0. The summed E-state index contributed by atoms with van der Waals surface area (Å²) >= 11 is 6.03. The van der Waals surface area contributed by atoms with Gasteiger partial charge >= 0.3 is 0 Å². The lowest BCUT2D eigenvalue weighted by Crippen LogP contribution is -2.44. The van der Waals surface area contributed by atoms with E-state index in [0.717, 1.165) is 0 Å². The van der Waals surface area contributed by atoms with Gasteiger partial charge in [-0.25, -0.2) is 0 Å². The smallest absolute Gasteiger partial charge is 0.275 e. The van der Waals surface area contributed by atoms with Crippen LogP contribution in [-0.4, -0.2) is 21.8 Å². The molecule has 0 fully saturated rings. The van der Waals surface area contributed by atoms with Crippen molar-refractivity contribution in [1.82, 2.24) is 20.8 Å². The van der Waals surface area contributed by atoms with Crippen LogP contribution in [0, 0.1) is 0 Å². The van der Waals surface area contributed by atoms with Gasteiger partial charge in [-0.2, -0.15) is 0 Å². The Morgan fingerprint density at radius 1 is 0.759 bits per heavy atom. The van der Waals surface area contributed by atoms with Crippen LogP contribution < -0.4 is 21.7 Å². The number of nitrogens with one attached hydrogen (secondary N) is 4. The highest BCUT2D eigenvalue weighted by Crippen LogP contribution is 2.18. The summed E-state index contributed by atoms with van der Waals surface area (Å²) in [5.41, 5.74) is 3.87. The molecule has 0 aliphatic rings. The first kappa shape index (κ1) is 18.5. The van der Waals surface area contributed by atoms with Gasteiger partial charge in [0.25, 0.3) is 11.8 Å². The molecule has 0 saturated carbocycles. The van der Waals surface area contributed by atoms with E-state index in [4.69, 9.17) is 11.6 Å². The monoisotopic (exact) mass is 408 g/mol. The molecule has 0 aliphatic carbocycles. The van der Waals surface area contributed by atoms with Gasteiger partial charge in [0, 0.05) is 28.7 Å². The number of carbonyl (C=O) groups is 2. The normalized spacial score (nSPS) is 10.8. The predicted octanol–water partition coefficient (Wildman–Crippen LogP) is 2.10. The molecule has 4 N–H and O–H groups in total. The molecule has 2 amide bonds. The fourth-order valence-electron chi connectivity index (χ4n) is 2.97. The molecule has 0 unspecified atom stereocenters. The number of aromatic amines is 2. The Kier molecular flexibility index (Phi) is 4.61. The summed E-state index contributed by atoms with van der Waals surface area (Å²) in [6, 6.07) is 11.5. The number of para-hydroxylation sites is 2. The summed E-state index contributed by atoms with van der Waals surface area (Å²) in [4.78, 5) is 55.3. The number of halogens is 1. The summed E-state index contributed by atoms with van der Waals surface area (Å²) < 4.78 is 0. The SMILES string of the molecule is O=C(NNC(=O)c1c[nH]c2c(Cl)cccc2c1=O)c1c[nH]c2ccccc2c1=O. The van der Waals surface area contributed by atoms with E-state index in [1.54, 1.807) is 36.4 Å². The van der Waals surface area contributed by atoms with Crippen molar-refractivity contribution in [2.45, 2.75) is 0 Å². The molecule has 4 rings (SSSR count). The van der Waals surface area contributed by atoms with Crippen LogP contribution in [0.15, 0.2) is 64.4 Å². The second-order valence-corrected chi connectivity index (χ2v) is 6.59. The minimum absolute atomic E-state index is 0.178. The maximum absolute atomic E-state index is 12.5. The Morgan fingerprint density at radius 2 is 1.34 bits per heavy atom. The fourth-order valence-corrected chi connectivity index (χ4v) is 3.20. The van der Waals surface area contributed by atoms with E-state index in [1.807, 2.05) is 0 Å². The van der Waals surface area contributed by atoms with Crippen LogP contribution in [0.4, 0.5) is 0 Å². The molecule has 2 aromatic carbocycles. The molecule has 4 aromatic rings. The highest BCUT2D eigenvalue weighted by molar-refractivity contribution is 6.35. The van der Waals surface area contributed by atoms with Gasteiger partial charge in [0.05, 0.1) is 10.5 Å². The molecular formula is C20H13ClN4O4. The van der Waals surface area contributed by atoms with Crippen LogP contribution in [0.2, 0.25) is 5.02 Å². The number of hydrazine groups is 1. The second kappa shape index (κ2) is 7.25. The number of fused-ring (bicyclic) bond motifs is 2. The van der Waals surface area contributed by atoms with Crippen molar-refractivity contribution in [2.24, 2.45) is 0 Å². The Hall–Kier alpha value is -3.91. The van der Waals surface area contributed by atoms with Crippen LogP contribution in [0.1, 0.15) is 20.7 Å². The largest absolute Gasteiger partial charge is 0.360 e. The zero-order chi connectivity index (χ0) is 20.5. The van der Waals surface area contributed by atoms with Crippen molar-refractivity contribution in [1.29, 1.82) is 0 Å². The van der Waals surface area contributed by atoms with Gasteiger partial charge in [0.15, 0.2) is 0 Å². The Morgan fingerprint density at radius 3 is 2.07 bits per heavy atom. The zero-order valence-corrected chi connectivity index (χ0v) is 15.5. The number of benzene rings is 2. The molecule has 0 saturated heterocycles. The Balaban J connectivity index is 1.57. The molecule has 0 radical (unpaired) electrons. The van der Waals surface area contributed by atoms with E-state index < -0.39 is 22.7 Å². The molecular weight excluding hydrogens is 396 g/mol. The number of hydrogen-bond acceptors (Lipinski definition) is 4. The maximum atomic E-state index is 12.5. The number of H-pyrrole nitrogens is 2. The number of aromatic nitrogens is 2. The van der Waals surface area contributed by atoms with Crippen LogP contribution in [0.3, 0.4) is 0 Å². The van der Waals surface area contributed by atoms with Crippen molar-refractivity contribution in [3.63, 3.8) is 0 Å². The van der Waals surface area contributed by atoms with Gasteiger partial charge < -0.3 is 9.97 Å². The molecule has 0 spiro atoms. The molecule has 0 atom stereocenters. The van der Waals surface area contributed by atoms with E-state index in [2.05, 4.69) is 20.8 Å². The number of amides is 2. The van der Waals surface area contributed by atoms with E-state index >= 15 is 0 Å². The molecule has 0 aliphatic heterocycles. The summed E-state index contributed by atoms with van der Waals surface area (Å²) in [6.07, 6.45) is 2.47. The highest BCUT2D eigenvalue weighted by Gasteiger charge is 2.17. The van der Waals surface area contributed by atoms with Crippen molar-refractivity contribution >= 4 is 45.2 Å². The lowest BCUT2D eigenvalue weighted by molar-refractivity contribution is 0.0845. The molecule has 8 nitrogen and oxygen atoms in total. The minimum atomic E-state index is -0.835. The van der Waals surface area contributed by atoms with E-state index in [1.165, 1.54) is 18.5 Å². The van der Waals surface area contributed by atoms with Gasteiger partial charge in [-0.15, -0.1) is 0 Å². The molecule has 9 heteroatoms. The second-order valence-electron chi connectivity index (χ2n) is 6.18. The van der Waals surface area contributed by atoms with Gasteiger partial charge in [0.1, 0.15) is 11.1 Å². The first-order valence-electron chi connectivity index (χ1n) is 8.48. The van der Waals surface area contributed by atoms with Crippen molar-refractivity contribution < 1.29 is 9.59 Å². The van der Waals surface area contributed by atoms with Crippen molar-refractivity contribution in [3.8, 4) is 0 Å². The Labute approximate surface area is 167 Å². The number of pyridine rings is 2. The third-order valence-electron chi connectivity index (χ3n) is 4.43. The highest BCUT2D eigenvalue weighted by atomic mass is 35.5.